The third-order valence-electron chi connectivity index (χ3n) is 3.44. The summed E-state index contributed by atoms with van der Waals surface area (Å²) in [4.78, 5) is 4.19. The lowest BCUT2D eigenvalue weighted by molar-refractivity contribution is 0.443. The van der Waals surface area contributed by atoms with Crippen molar-refractivity contribution in [1.82, 2.24) is 20.3 Å². The zero-order valence-electron chi connectivity index (χ0n) is 12.0. The number of aryl methyl sites for hydroxylation is 1. The van der Waals surface area contributed by atoms with Gasteiger partial charge in [0.25, 0.3) is 5.71 Å². The SMILES string of the molecule is Cc1noc2ncc(-c3nnc(-c4ccc(C#N)cc4)o3)cc12. The van der Waals surface area contributed by atoms with Gasteiger partial charge in [-0.25, -0.2) is 4.98 Å². The van der Waals surface area contributed by atoms with Crippen molar-refractivity contribution >= 4 is 11.1 Å². The van der Waals surface area contributed by atoms with Gasteiger partial charge >= 0.3 is 0 Å². The van der Waals surface area contributed by atoms with Gasteiger partial charge in [-0.2, -0.15) is 5.26 Å². The Morgan fingerprint density at radius 3 is 2.52 bits per heavy atom. The number of benzene rings is 1. The maximum absolute atomic E-state index is 8.82. The number of nitrogens with zero attached hydrogens (tertiary/aromatic N) is 5. The Balaban J connectivity index is 1.73. The first-order valence-corrected chi connectivity index (χ1v) is 6.81. The maximum atomic E-state index is 8.82. The van der Waals surface area contributed by atoms with Crippen LogP contribution in [-0.2, 0) is 0 Å². The second-order valence-electron chi connectivity index (χ2n) is 4.95. The fraction of sp³-hybridized carbons (Fsp3) is 0.0625. The van der Waals surface area contributed by atoms with Crippen LogP contribution in [0.25, 0.3) is 34.0 Å². The van der Waals surface area contributed by atoms with Crippen LogP contribution in [0.4, 0.5) is 0 Å². The molecule has 0 amide bonds. The third kappa shape index (κ3) is 2.22. The molecule has 0 aliphatic rings. The lowest BCUT2D eigenvalue weighted by Crippen LogP contribution is -1.81. The van der Waals surface area contributed by atoms with Crippen LogP contribution in [-0.4, -0.2) is 20.3 Å². The first-order chi connectivity index (χ1) is 11.2. The topological polar surface area (TPSA) is 102 Å². The fourth-order valence-electron chi connectivity index (χ4n) is 2.21. The number of rotatable bonds is 2. The van der Waals surface area contributed by atoms with Gasteiger partial charge in [-0.05, 0) is 37.3 Å². The van der Waals surface area contributed by atoms with E-state index in [-0.39, 0.29) is 0 Å². The number of hydrogen-bond donors (Lipinski definition) is 0. The van der Waals surface area contributed by atoms with Crippen molar-refractivity contribution in [3.63, 3.8) is 0 Å². The molecule has 0 aliphatic carbocycles. The van der Waals surface area contributed by atoms with E-state index in [1.807, 2.05) is 13.0 Å². The highest BCUT2D eigenvalue weighted by atomic mass is 16.5. The molecule has 0 saturated heterocycles. The zero-order valence-corrected chi connectivity index (χ0v) is 12.0. The molecule has 3 aromatic heterocycles. The second kappa shape index (κ2) is 5.03. The van der Waals surface area contributed by atoms with Gasteiger partial charge in [0.05, 0.1) is 28.3 Å². The third-order valence-corrected chi connectivity index (χ3v) is 3.44. The molecule has 0 spiro atoms. The van der Waals surface area contributed by atoms with Crippen LogP contribution in [0, 0.1) is 18.3 Å². The van der Waals surface area contributed by atoms with Gasteiger partial charge < -0.3 is 8.94 Å². The van der Waals surface area contributed by atoms with Gasteiger partial charge in [0.2, 0.25) is 11.8 Å². The van der Waals surface area contributed by atoms with Gasteiger partial charge in [-0.3, -0.25) is 0 Å². The molecular weight excluding hydrogens is 294 g/mol. The molecule has 1 aromatic carbocycles. The first kappa shape index (κ1) is 13.2. The van der Waals surface area contributed by atoms with E-state index in [0.717, 1.165) is 16.6 Å². The normalized spacial score (nSPS) is 10.8. The average molecular weight is 303 g/mol. The molecule has 0 bridgehead atoms. The molecule has 0 N–H and O–H groups in total. The highest BCUT2D eigenvalue weighted by molar-refractivity contribution is 5.80. The predicted octanol–water partition coefficient (Wildman–Crippen LogP) is 3.12. The molecule has 7 heteroatoms. The first-order valence-electron chi connectivity index (χ1n) is 6.81. The Morgan fingerprint density at radius 2 is 1.78 bits per heavy atom. The van der Waals surface area contributed by atoms with Gasteiger partial charge in [-0.1, -0.05) is 5.16 Å². The fourth-order valence-corrected chi connectivity index (χ4v) is 2.21. The van der Waals surface area contributed by atoms with Crippen LogP contribution in [0.5, 0.6) is 0 Å². The minimum absolute atomic E-state index is 0.361. The molecule has 0 atom stereocenters. The monoisotopic (exact) mass is 303 g/mol. The summed E-state index contributed by atoms with van der Waals surface area (Å²) >= 11 is 0. The van der Waals surface area contributed by atoms with E-state index in [9.17, 15) is 0 Å². The van der Waals surface area contributed by atoms with Crippen molar-refractivity contribution < 1.29 is 8.94 Å². The Morgan fingerprint density at radius 1 is 1.04 bits per heavy atom. The molecule has 110 valence electrons. The smallest absolute Gasteiger partial charge is 0.257 e. The zero-order chi connectivity index (χ0) is 15.8. The highest BCUT2D eigenvalue weighted by Crippen LogP contribution is 2.26. The lowest BCUT2D eigenvalue weighted by atomic mass is 10.1. The van der Waals surface area contributed by atoms with Gasteiger partial charge in [-0.15, -0.1) is 10.2 Å². The molecule has 3 heterocycles. The average Bonchev–Trinajstić information content (AvgIpc) is 3.22. The number of aromatic nitrogens is 4. The Kier molecular flexibility index (Phi) is 2.88. The summed E-state index contributed by atoms with van der Waals surface area (Å²) in [7, 11) is 0. The summed E-state index contributed by atoms with van der Waals surface area (Å²) in [6, 6.07) is 10.9. The summed E-state index contributed by atoms with van der Waals surface area (Å²) in [5, 5.41) is 21.6. The quantitative estimate of drug-likeness (QED) is 0.560. The summed E-state index contributed by atoms with van der Waals surface area (Å²) in [6.45, 7) is 1.84. The Labute approximate surface area is 130 Å². The van der Waals surface area contributed by atoms with Crippen molar-refractivity contribution in [3.05, 3.63) is 47.8 Å². The molecule has 0 aliphatic heterocycles. The van der Waals surface area contributed by atoms with Crippen molar-refractivity contribution in [2.45, 2.75) is 6.92 Å². The van der Waals surface area contributed by atoms with Crippen LogP contribution in [0.1, 0.15) is 11.3 Å². The molecule has 0 radical (unpaired) electrons. The van der Waals surface area contributed by atoms with Crippen molar-refractivity contribution in [1.29, 1.82) is 5.26 Å². The van der Waals surface area contributed by atoms with Crippen molar-refractivity contribution in [3.8, 4) is 29.0 Å². The van der Waals surface area contributed by atoms with E-state index >= 15 is 0 Å². The van der Waals surface area contributed by atoms with Crippen molar-refractivity contribution in [2.24, 2.45) is 0 Å². The van der Waals surface area contributed by atoms with E-state index in [1.165, 1.54) is 0 Å². The van der Waals surface area contributed by atoms with Crippen LogP contribution in [0.2, 0.25) is 0 Å². The highest BCUT2D eigenvalue weighted by Gasteiger charge is 2.13. The predicted molar refractivity (Wildman–Crippen MR) is 80.0 cm³/mol. The van der Waals surface area contributed by atoms with Gasteiger partial charge in [0, 0.05) is 11.8 Å². The van der Waals surface area contributed by atoms with E-state index in [1.54, 1.807) is 30.5 Å². The van der Waals surface area contributed by atoms with E-state index in [2.05, 4.69) is 26.4 Å². The second-order valence-corrected chi connectivity index (χ2v) is 4.95. The molecule has 0 unspecified atom stereocenters. The number of pyridine rings is 1. The van der Waals surface area contributed by atoms with Crippen LogP contribution >= 0.6 is 0 Å². The van der Waals surface area contributed by atoms with E-state index in [4.69, 9.17) is 14.2 Å². The summed E-state index contributed by atoms with van der Waals surface area (Å²) in [5.74, 6) is 0.742. The van der Waals surface area contributed by atoms with Crippen molar-refractivity contribution in [2.75, 3.05) is 0 Å². The standard InChI is InChI=1S/C16H9N5O2/c1-9-13-6-12(8-18-16(13)23-21-9)15-20-19-14(22-15)11-4-2-10(7-17)3-5-11/h2-6,8H,1H3. The van der Waals surface area contributed by atoms with Crippen LogP contribution in [0.15, 0.2) is 45.5 Å². The number of fused-ring (bicyclic) bond motifs is 1. The van der Waals surface area contributed by atoms with Gasteiger partial charge in [0.15, 0.2) is 0 Å². The minimum Gasteiger partial charge on any atom is -0.416 e. The summed E-state index contributed by atoms with van der Waals surface area (Å²) in [6.07, 6.45) is 1.60. The molecule has 0 saturated carbocycles. The number of nitriles is 1. The maximum Gasteiger partial charge on any atom is 0.257 e. The molecular formula is C16H9N5O2. The molecule has 4 aromatic rings. The van der Waals surface area contributed by atoms with E-state index in [0.29, 0.717) is 28.6 Å². The Hall–Kier alpha value is -3.53. The van der Waals surface area contributed by atoms with Crippen LogP contribution < -0.4 is 0 Å². The Bertz CT molecular complexity index is 1040. The van der Waals surface area contributed by atoms with Gasteiger partial charge in [0.1, 0.15) is 0 Å². The molecule has 23 heavy (non-hydrogen) atoms. The molecule has 0 fully saturated rings. The summed E-state index contributed by atoms with van der Waals surface area (Å²) < 4.78 is 10.8. The molecule has 4 rings (SSSR count). The van der Waals surface area contributed by atoms with Crippen LogP contribution in [0.3, 0.4) is 0 Å². The largest absolute Gasteiger partial charge is 0.416 e. The minimum atomic E-state index is 0.361. The van der Waals surface area contributed by atoms with E-state index < -0.39 is 0 Å². The lowest BCUT2D eigenvalue weighted by Gasteiger charge is -1.95. The summed E-state index contributed by atoms with van der Waals surface area (Å²) in [5.41, 5.74) is 3.24. The number of hydrogen-bond acceptors (Lipinski definition) is 7. The molecule has 7 nitrogen and oxygen atoms in total.